The van der Waals surface area contributed by atoms with Crippen LogP contribution >= 0.6 is 11.6 Å². The van der Waals surface area contributed by atoms with Crippen molar-refractivity contribution in [3.8, 4) is 11.3 Å². The van der Waals surface area contributed by atoms with Crippen molar-refractivity contribution in [2.75, 3.05) is 0 Å². The second-order valence-electron chi connectivity index (χ2n) is 5.15. The second kappa shape index (κ2) is 7.29. The van der Waals surface area contributed by atoms with E-state index in [0.29, 0.717) is 27.6 Å². The van der Waals surface area contributed by atoms with Gasteiger partial charge in [0.05, 0.1) is 11.6 Å². The lowest BCUT2D eigenvalue weighted by molar-refractivity contribution is 0.0233. The summed E-state index contributed by atoms with van der Waals surface area (Å²) in [6, 6.07) is 16.7. The van der Waals surface area contributed by atoms with E-state index < -0.39 is 5.91 Å². The van der Waals surface area contributed by atoms with Crippen LogP contribution in [0.25, 0.3) is 11.3 Å². The normalized spacial score (nSPS) is 10.6. The Morgan fingerprint density at radius 1 is 1.17 bits per heavy atom. The number of carbonyl (C=O) groups is 1. The highest BCUT2D eigenvalue weighted by molar-refractivity contribution is 6.33. The highest BCUT2D eigenvalue weighted by Gasteiger charge is 2.23. The van der Waals surface area contributed by atoms with Crippen molar-refractivity contribution in [1.29, 1.82) is 0 Å². The van der Waals surface area contributed by atoms with E-state index in [-0.39, 0.29) is 6.61 Å². The number of aromatic nitrogens is 1. The van der Waals surface area contributed by atoms with Gasteiger partial charge in [-0.25, -0.2) is 5.48 Å². The summed E-state index contributed by atoms with van der Waals surface area (Å²) in [6.07, 6.45) is 0. The molecule has 2 aromatic carbocycles. The van der Waals surface area contributed by atoms with Crippen LogP contribution in [0.15, 0.2) is 59.1 Å². The largest absolute Gasteiger partial charge is 0.360 e. The Morgan fingerprint density at radius 2 is 1.88 bits per heavy atom. The van der Waals surface area contributed by atoms with Crippen LogP contribution in [0.3, 0.4) is 0 Å². The lowest BCUT2D eigenvalue weighted by Gasteiger charge is -2.07. The molecule has 0 atom stereocenters. The SMILES string of the molecule is Cc1onc(-c2ccccc2Cl)c1C(=O)NOCc1ccccc1. The number of carbonyl (C=O) groups excluding carboxylic acids is 1. The predicted octanol–water partition coefficient (Wildman–Crippen LogP) is 4.17. The first-order valence-electron chi connectivity index (χ1n) is 7.34. The fourth-order valence-electron chi connectivity index (χ4n) is 2.29. The summed E-state index contributed by atoms with van der Waals surface area (Å²) in [7, 11) is 0. The molecule has 1 amide bonds. The van der Waals surface area contributed by atoms with Crippen LogP contribution in [0.1, 0.15) is 21.7 Å². The third-order valence-electron chi connectivity index (χ3n) is 3.47. The molecule has 0 aliphatic rings. The van der Waals surface area contributed by atoms with Crippen LogP contribution in [0.4, 0.5) is 0 Å². The number of hydrogen-bond acceptors (Lipinski definition) is 4. The first-order valence-corrected chi connectivity index (χ1v) is 7.72. The van der Waals surface area contributed by atoms with Gasteiger partial charge in [-0.2, -0.15) is 0 Å². The van der Waals surface area contributed by atoms with Gasteiger partial charge in [0.15, 0.2) is 0 Å². The van der Waals surface area contributed by atoms with Gasteiger partial charge in [0.2, 0.25) is 0 Å². The van der Waals surface area contributed by atoms with Gasteiger partial charge in [0, 0.05) is 5.56 Å². The van der Waals surface area contributed by atoms with Gasteiger partial charge in [0.1, 0.15) is 17.0 Å². The monoisotopic (exact) mass is 342 g/mol. The summed E-state index contributed by atoms with van der Waals surface area (Å²) in [5, 5.41) is 4.45. The van der Waals surface area contributed by atoms with Crippen LogP contribution in [0.2, 0.25) is 5.02 Å². The summed E-state index contributed by atoms with van der Waals surface area (Å²) < 4.78 is 5.17. The molecule has 122 valence electrons. The quantitative estimate of drug-likeness (QED) is 0.707. The maximum absolute atomic E-state index is 12.4. The average molecular weight is 343 g/mol. The third kappa shape index (κ3) is 3.48. The number of hydrogen-bond donors (Lipinski definition) is 1. The van der Waals surface area contributed by atoms with E-state index in [1.807, 2.05) is 42.5 Å². The molecular formula is C18H15ClN2O3. The Balaban J connectivity index is 1.76. The van der Waals surface area contributed by atoms with E-state index in [9.17, 15) is 4.79 Å². The molecule has 0 radical (unpaired) electrons. The maximum Gasteiger partial charge on any atom is 0.280 e. The topological polar surface area (TPSA) is 64.4 Å². The van der Waals surface area contributed by atoms with E-state index in [2.05, 4.69) is 10.6 Å². The van der Waals surface area contributed by atoms with Crippen LogP contribution < -0.4 is 5.48 Å². The van der Waals surface area contributed by atoms with E-state index >= 15 is 0 Å². The number of nitrogens with one attached hydrogen (secondary N) is 1. The highest BCUT2D eigenvalue weighted by Crippen LogP contribution is 2.30. The average Bonchev–Trinajstić information content (AvgIpc) is 2.97. The molecular weight excluding hydrogens is 328 g/mol. The van der Waals surface area contributed by atoms with Crippen molar-refractivity contribution in [2.45, 2.75) is 13.5 Å². The Kier molecular flexibility index (Phi) is 4.93. The smallest absolute Gasteiger partial charge is 0.280 e. The number of halogens is 1. The number of rotatable bonds is 5. The minimum Gasteiger partial charge on any atom is -0.360 e. The Hall–Kier alpha value is -2.63. The molecule has 1 N–H and O–H groups in total. The van der Waals surface area contributed by atoms with E-state index in [1.54, 1.807) is 19.1 Å². The molecule has 1 heterocycles. The maximum atomic E-state index is 12.4. The zero-order valence-corrected chi connectivity index (χ0v) is 13.7. The predicted molar refractivity (Wildman–Crippen MR) is 90.4 cm³/mol. The molecule has 0 fully saturated rings. The Bertz CT molecular complexity index is 846. The summed E-state index contributed by atoms with van der Waals surface area (Å²) in [5.41, 5.74) is 4.69. The molecule has 0 aliphatic carbocycles. The molecule has 0 spiro atoms. The summed E-state index contributed by atoms with van der Waals surface area (Å²) in [5.74, 6) is -0.0367. The Morgan fingerprint density at radius 3 is 2.62 bits per heavy atom. The van der Waals surface area contributed by atoms with Gasteiger partial charge in [-0.15, -0.1) is 0 Å². The first kappa shape index (κ1) is 16.2. The van der Waals surface area contributed by atoms with Crippen molar-refractivity contribution < 1.29 is 14.2 Å². The molecule has 0 saturated heterocycles. The molecule has 5 nitrogen and oxygen atoms in total. The minimum absolute atomic E-state index is 0.262. The zero-order chi connectivity index (χ0) is 16.9. The van der Waals surface area contributed by atoms with Crippen LogP contribution in [-0.2, 0) is 11.4 Å². The highest BCUT2D eigenvalue weighted by atomic mass is 35.5. The van der Waals surface area contributed by atoms with E-state index in [4.69, 9.17) is 21.0 Å². The van der Waals surface area contributed by atoms with Crippen molar-refractivity contribution >= 4 is 17.5 Å². The lowest BCUT2D eigenvalue weighted by atomic mass is 10.1. The third-order valence-corrected chi connectivity index (χ3v) is 3.79. The second-order valence-corrected chi connectivity index (χ2v) is 5.55. The molecule has 3 rings (SSSR count). The molecule has 6 heteroatoms. The van der Waals surface area contributed by atoms with Gasteiger partial charge in [0.25, 0.3) is 5.91 Å². The van der Waals surface area contributed by atoms with Crippen LogP contribution in [0, 0.1) is 6.92 Å². The zero-order valence-electron chi connectivity index (χ0n) is 13.0. The van der Waals surface area contributed by atoms with Gasteiger partial charge >= 0.3 is 0 Å². The number of nitrogens with zero attached hydrogens (tertiary/aromatic N) is 1. The molecule has 3 aromatic rings. The Labute approximate surface area is 144 Å². The number of aryl methyl sites for hydroxylation is 1. The van der Waals surface area contributed by atoms with Crippen LogP contribution in [0.5, 0.6) is 0 Å². The summed E-state index contributed by atoms with van der Waals surface area (Å²) >= 11 is 6.18. The standard InChI is InChI=1S/C18H15ClN2O3/c1-12-16(17(20-24-12)14-9-5-6-10-15(14)19)18(22)21-23-11-13-7-3-2-4-8-13/h2-10H,11H2,1H3,(H,21,22). The summed E-state index contributed by atoms with van der Waals surface area (Å²) in [4.78, 5) is 17.7. The van der Waals surface area contributed by atoms with Crippen molar-refractivity contribution in [2.24, 2.45) is 0 Å². The fraction of sp³-hybridized carbons (Fsp3) is 0.111. The molecule has 0 aliphatic heterocycles. The fourth-order valence-corrected chi connectivity index (χ4v) is 2.51. The van der Waals surface area contributed by atoms with E-state index in [0.717, 1.165) is 5.56 Å². The van der Waals surface area contributed by atoms with Crippen LogP contribution in [-0.4, -0.2) is 11.1 Å². The summed E-state index contributed by atoms with van der Waals surface area (Å²) in [6.45, 7) is 1.93. The number of benzene rings is 2. The van der Waals surface area contributed by atoms with Gasteiger partial charge in [-0.05, 0) is 18.6 Å². The van der Waals surface area contributed by atoms with Crippen molar-refractivity contribution in [3.05, 3.63) is 76.5 Å². The van der Waals surface area contributed by atoms with Gasteiger partial charge in [-0.3, -0.25) is 9.63 Å². The first-order chi connectivity index (χ1) is 11.7. The van der Waals surface area contributed by atoms with Crippen molar-refractivity contribution in [3.63, 3.8) is 0 Å². The number of amides is 1. The van der Waals surface area contributed by atoms with Crippen molar-refractivity contribution in [1.82, 2.24) is 10.6 Å². The molecule has 1 aromatic heterocycles. The van der Waals surface area contributed by atoms with E-state index in [1.165, 1.54) is 0 Å². The molecule has 0 unspecified atom stereocenters. The van der Waals surface area contributed by atoms with Gasteiger partial charge in [-0.1, -0.05) is 65.3 Å². The number of hydroxylamine groups is 1. The molecule has 0 saturated carbocycles. The lowest BCUT2D eigenvalue weighted by Crippen LogP contribution is -2.24. The molecule has 24 heavy (non-hydrogen) atoms. The molecule has 0 bridgehead atoms. The minimum atomic E-state index is -0.431. The van der Waals surface area contributed by atoms with Gasteiger partial charge < -0.3 is 4.52 Å².